The van der Waals surface area contributed by atoms with Gasteiger partial charge in [0.1, 0.15) is 17.1 Å². The summed E-state index contributed by atoms with van der Waals surface area (Å²) in [6, 6.07) is 2.43. The van der Waals surface area contributed by atoms with Gasteiger partial charge in [0, 0.05) is 24.7 Å². The third kappa shape index (κ3) is 5.20. The number of nitrogens with zero attached hydrogens (tertiary/aromatic N) is 1. The van der Waals surface area contributed by atoms with Crippen molar-refractivity contribution in [3.8, 4) is 0 Å². The predicted molar refractivity (Wildman–Crippen MR) is 94.6 cm³/mol. The van der Waals surface area contributed by atoms with E-state index in [-0.39, 0.29) is 0 Å². The van der Waals surface area contributed by atoms with Gasteiger partial charge in [0.2, 0.25) is 0 Å². The van der Waals surface area contributed by atoms with Gasteiger partial charge in [-0.25, -0.2) is 0 Å². The summed E-state index contributed by atoms with van der Waals surface area (Å²) in [4.78, 5) is 2.49. The molecule has 2 heterocycles. The average molecular weight is 320 g/mol. The molecule has 1 aliphatic heterocycles. The van der Waals surface area contributed by atoms with Crippen LogP contribution < -0.4 is 5.32 Å². The lowest BCUT2D eigenvalue weighted by molar-refractivity contribution is 0.0490. The Bertz CT molecular complexity index is 534. The summed E-state index contributed by atoms with van der Waals surface area (Å²) in [7, 11) is 0. The Morgan fingerprint density at radius 2 is 2.04 bits per heavy atom. The maximum Gasteiger partial charge on any atom is 0.107 e. The Labute approximate surface area is 140 Å². The van der Waals surface area contributed by atoms with Crippen LogP contribution in [0.25, 0.3) is 0 Å². The molecule has 1 saturated heterocycles. The highest BCUT2D eigenvalue weighted by Crippen LogP contribution is 2.26. The molecule has 2 N–H and O–H groups in total. The monoisotopic (exact) mass is 320 g/mol. The van der Waals surface area contributed by atoms with Crippen molar-refractivity contribution in [1.29, 1.82) is 0 Å². The van der Waals surface area contributed by atoms with Crippen LogP contribution in [-0.2, 0) is 5.60 Å². The second-order valence-corrected chi connectivity index (χ2v) is 7.34. The molecule has 1 aliphatic rings. The van der Waals surface area contributed by atoms with E-state index in [0.717, 1.165) is 49.6 Å². The minimum Gasteiger partial charge on any atom is -0.466 e. The van der Waals surface area contributed by atoms with Gasteiger partial charge >= 0.3 is 0 Å². The summed E-state index contributed by atoms with van der Waals surface area (Å²) in [5.74, 6) is 1.66. The van der Waals surface area contributed by atoms with Crippen molar-refractivity contribution in [1.82, 2.24) is 10.2 Å². The van der Waals surface area contributed by atoms with Crippen LogP contribution in [0.1, 0.15) is 50.7 Å². The fourth-order valence-electron chi connectivity index (χ4n) is 3.24. The van der Waals surface area contributed by atoms with Crippen LogP contribution >= 0.6 is 0 Å². The standard InChI is InChI=1S/C19H32N2O2/c1-14(2)6-9-21-10-7-17(8-11-21)20-13-19(5,22)18-12-15(3)23-16(18)4/h6,12,17,20,22H,7-11,13H2,1-5H3. The van der Waals surface area contributed by atoms with E-state index in [4.69, 9.17) is 4.42 Å². The number of hydrogen-bond acceptors (Lipinski definition) is 4. The molecule has 4 heteroatoms. The molecule has 0 radical (unpaired) electrons. The minimum atomic E-state index is -0.888. The summed E-state index contributed by atoms with van der Waals surface area (Å²) in [6.45, 7) is 13.8. The molecule has 0 bridgehead atoms. The fraction of sp³-hybridized carbons (Fsp3) is 0.684. The Balaban J connectivity index is 1.81. The van der Waals surface area contributed by atoms with Crippen molar-refractivity contribution >= 4 is 0 Å². The van der Waals surface area contributed by atoms with Crippen molar-refractivity contribution in [2.75, 3.05) is 26.2 Å². The zero-order valence-corrected chi connectivity index (χ0v) is 15.3. The summed E-state index contributed by atoms with van der Waals surface area (Å²) in [6.07, 6.45) is 4.56. The van der Waals surface area contributed by atoms with E-state index in [1.54, 1.807) is 0 Å². The molecule has 1 fully saturated rings. The van der Waals surface area contributed by atoms with Crippen LogP contribution in [0.4, 0.5) is 0 Å². The number of furan rings is 1. The molecule has 0 saturated carbocycles. The zero-order valence-electron chi connectivity index (χ0n) is 15.3. The fourth-order valence-corrected chi connectivity index (χ4v) is 3.24. The lowest BCUT2D eigenvalue weighted by atomic mass is 9.95. The molecule has 0 aliphatic carbocycles. The normalized spacial score (nSPS) is 19.6. The maximum absolute atomic E-state index is 10.8. The summed E-state index contributed by atoms with van der Waals surface area (Å²) in [5.41, 5.74) is 1.39. The highest BCUT2D eigenvalue weighted by molar-refractivity contribution is 5.26. The quantitative estimate of drug-likeness (QED) is 0.791. The SMILES string of the molecule is CC(C)=CCN1CCC(NCC(C)(O)c2cc(C)oc2C)CC1. The van der Waals surface area contributed by atoms with Gasteiger partial charge in [0.25, 0.3) is 0 Å². The van der Waals surface area contributed by atoms with Gasteiger partial charge in [-0.15, -0.1) is 0 Å². The van der Waals surface area contributed by atoms with Gasteiger partial charge in [-0.3, -0.25) is 4.90 Å². The molecule has 0 amide bonds. The highest BCUT2D eigenvalue weighted by Gasteiger charge is 2.29. The molecule has 1 aromatic heterocycles. The van der Waals surface area contributed by atoms with Crippen molar-refractivity contribution < 1.29 is 9.52 Å². The minimum absolute atomic E-state index is 0.484. The molecule has 2 rings (SSSR count). The number of rotatable bonds is 6. The van der Waals surface area contributed by atoms with Crippen molar-refractivity contribution in [2.24, 2.45) is 0 Å². The largest absolute Gasteiger partial charge is 0.466 e. The summed E-state index contributed by atoms with van der Waals surface area (Å²) < 4.78 is 5.55. The second-order valence-electron chi connectivity index (χ2n) is 7.34. The van der Waals surface area contributed by atoms with Crippen LogP contribution in [0.3, 0.4) is 0 Å². The summed E-state index contributed by atoms with van der Waals surface area (Å²) in [5, 5.41) is 14.3. The van der Waals surface area contributed by atoms with Gasteiger partial charge in [-0.05, 0) is 66.6 Å². The van der Waals surface area contributed by atoms with Gasteiger partial charge in [-0.1, -0.05) is 11.6 Å². The van der Waals surface area contributed by atoms with Crippen LogP contribution in [-0.4, -0.2) is 42.2 Å². The number of nitrogens with one attached hydrogen (secondary N) is 1. The number of aliphatic hydroxyl groups is 1. The van der Waals surface area contributed by atoms with Crippen molar-refractivity contribution in [2.45, 2.75) is 59.1 Å². The first kappa shape index (κ1) is 18.2. The predicted octanol–water partition coefficient (Wildman–Crippen LogP) is 3.12. The van der Waals surface area contributed by atoms with Crippen LogP contribution in [0, 0.1) is 13.8 Å². The van der Waals surface area contributed by atoms with Gasteiger partial charge in [-0.2, -0.15) is 0 Å². The molecule has 1 aromatic rings. The molecule has 0 aromatic carbocycles. The molecule has 0 spiro atoms. The Morgan fingerprint density at radius 1 is 1.39 bits per heavy atom. The first-order chi connectivity index (χ1) is 10.8. The number of piperidine rings is 1. The Kier molecular flexibility index (Phi) is 6.06. The Hall–Kier alpha value is -1.10. The van der Waals surface area contributed by atoms with E-state index in [9.17, 15) is 5.11 Å². The molecular weight excluding hydrogens is 288 g/mol. The Morgan fingerprint density at radius 3 is 2.57 bits per heavy atom. The van der Waals surface area contributed by atoms with Crippen LogP contribution in [0.5, 0.6) is 0 Å². The highest BCUT2D eigenvalue weighted by atomic mass is 16.3. The third-order valence-electron chi connectivity index (χ3n) is 4.70. The van der Waals surface area contributed by atoms with E-state index in [1.165, 1.54) is 5.57 Å². The van der Waals surface area contributed by atoms with E-state index in [0.29, 0.717) is 12.6 Å². The summed E-state index contributed by atoms with van der Waals surface area (Å²) >= 11 is 0. The van der Waals surface area contributed by atoms with Gasteiger partial charge in [0.15, 0.2) is 0 Å². The second kappa shape index (κ2) is 7.65. The molecule has 1 atom stereocenters. The van der Waals surface area contributed by atoms with E-state index >= 15 is 0 Å². The third-order valence-corrected chi connectivity index (χ3v) is 4.70. The van der Waals surface area contributed by atoms with E-state index in [2.05, 4.69) is 30.1 Å². The number of likely N-dealkylation sites (tertiary alicyclic amines) is 1. The number of aryl methyl sites for hydroxylation is 2. The average Bonchev–Trinajstić information content (AvgIpc) is 2.84. The zero-order chi connectivity index (χ0) is 17.0. The van der Waals surface area contributed by atoms with E-state index < -0.39 is 5.60 Å². The lowest BCUT2D eigenvalue weighted by Crippen LogP contribution is -2.46. The number of hydrogen-bond donors (Lipinski definition) is 2. The first-order valence-corrected chi connectivity index (χ1v) is 8.67. The molecule has 4 nitrogen and oxygen atoms in total. The maximum atomic E-state index is 10.8. The molecular formula is C19H32N2O2. The van der Waals surface area contributed by atoms with Crippen LogP contribution in [0.15, 0.2) is 22.1 Å². The topological polar surface area (TPSA) is 48.6 Å². The van der Waals surface area contributed by atoms with Gasteiger partial charge < -0.3 is 14.8 Å². The molecule has 130 valence electrons. The van der Waals surface area contributed by atoms with E-state index in [1.807, 2.05) is 26.8 Å². The van der Waals surface area contributed by atoms with Gasteiger partial charge in [0.05, 0.1) is 0 Å². The first-order valence-electron chi connectivity index (χ1n) is 8.67. The van der Waals surface area contributed by atoms with Crippen LogP contribution in [0.2, 0.25) is 0 Å². The lowest BCUT2D eigenvalue weighted by Gasteiger charge is -2.34. The smallest absolute Gasteiger partial charge is 0.107 e. The molecule has 23 heavy (non-hydrogen) atoms. The number of allylic oxidation sites excluding steroid dienone is 1. The van der Waals surface area contributed by atoms with Crippen molar-refractivity contribution in [3.63, 3.8) is 0 Å². The van der Waals surface area contributed by atoms with Crippen molar-refractivity contribution in [3.05, 3.63) is 34.8 Å². The molecule has 1 unspecified atom stereocenters.